The highest BCUT2D eigenvalue weighted by Gasteiger charge is 2.13. The highest BCUT2D eigenvalue weighted by Crippen LogP contribution is 2.22. The molecule has 0 aliphatic carbocycles. The number of rotatable bonds is 2. The van der Waals surface area contributed by atoms with Gasteiger partial charge in [-0.15, -0.1) is 0 Å². The lowest BCUT2D eigenvalue weighted by Gasteiger charge is -2.11. The average Bonchev–Trinajstić information content (AvgIpc) is 2.82. The molecule has 1 aliphatic rings. The van der Waals surface area contributed by atoms with Crippen LogP contribution in [0.15, 0.2) is 30.5 Å². The van der Waals surface area contributed by atoms with E-state index in [4.69, 9.17) is 5.11 Å². The molecule has 1 aromatic heterocycles. The summed E-state index contributed by atoms with van der Waals surface area (Å²) in [7, 11) is 0. The normalized spacial score (nSPS) is 14.2. The van der Waals surface area contributed by atoms with Gasteiger partial charge in [0.1, 0.15) is 5.82 Å². The lowest BCUT2D eigenvalue weighted by atomic mass is 10.1. The number of carboxylic acids is 1. The molecular weight excluding hydrogens is 228 g/mol. The largest absolute Gasteiger partial charge is 0.478 e. The van der Waals surface area contributed by atoms with Crippen molar-refractivity contribution < 1.29 is 9.90 Å². The Morgan fingerprint density at radius 1 is 1.22 bits per heavy atom. The van der Waals surface area contributed by atoms with E-state index in [1.807, 2.05) is 12.1 Å². The Morgan fingerprint density at radius 3 is 2.67 bits per heavy atom. The first kappa shape index (κ1) is 11.0. The Bertz CT molecular complexity index is 561. The summed E-state index contributed by atoms with van der Waals surface area (Å²) in [5, 5.41) is 8.86. The zero-order chi connectivity index (χ0) is 12.5. The molecule has 0 radical (unpaired) electrons. The quantitative estimate of drug-likeness (QED) is 0.880. The number of carboxylic acid groups (broad SMARTS) is 1. The molecule has 2 heterocycles. The van der Waals surface area contributed by atoms with Crippen LogP contribution in [0, 0.1) is 0 Å². The number of hydrogen-bond donors (Lipinski definition) is 1. The second kappa shape index (κ2) is 4.29. The summed E-state index contributed by atoms with van der Waals surface area (Å²) in [6, 6.07) is 6.88. The first-order valence-electron chi connectivity index (χ1n) is 6.14. The number of aromatic carboxylic acids is 1. The molecule has 0 saturated heterocycles. The van der Waals surface area contributed by atoms with Gasteiger partial charge in [0.15, 0.2) is 0 Å². The third kappa shape index (κ3) is 1.90. The van der Waals surface area contributed by atoms with Crippen molar-refractivity contribution in [2.75, 3.05) is 0 Å². The number of nitrogens with zero attached hydrogens (tertiary/aromatic N) is 2. The Balaban J connectivity index is 1.94. The number of benzene rings is 1. The minimum Gasteiger partial charge on any atom is -0.478 e. The summed E-state index contributed by atoms with van der Waals surface area (Å²) in [6.07, 6.45) is 5.51. The van der Waals surface area contributed by atoms with E-state index in [2.05, 4.69) is 15.7 Å². The Kier molecular flexibility index (Phi) is 2.63. The molecule has 0 bridgehead atoms. The van der Waals surface area contributed by atoms with Crippen LogP contribution in [0.4, 0.5) is 0 Å². The van der Waals surface area contributed by atoms with Crippen LogP contribution in [0.5, 0.6) is 0 Å². The molecule has 0 atom stereocenters. The van der Waals surface area contributed by atoms with Crippen molar-refractivity contribution in [2.24, 2.45) is 0 Å². The smallest absolute Gasteiger partial charge is 0.335 e. The van der Waals surface area contributed by atoms with E-state index in [1.54, 1.807) is 12.1 Å². The predicted octanol–water partition coefficient (Wildman–Crippen LogP) is 2.58. The van der Waals surface area contributed by atoms with Crippen molar-refractivity contribution in [3.8, 4) is 11.3 Å². The molecular formula is C14H14N2O2. The van der Waals surface area contributed by atoms with Crippen molar-refractivity contribution in [2.45, 2.75) is 25.8 Å². The van der Waals surface area contributed by atoms with E-state index in [0.717, 1.165) is 30.0 Å². The number of aryl methyl sites for hydroxylation is 2. The van der Waals surface area contributed by atoms with Gasteiger partial charge in [-0.2, -0.15) is 0 Å². The van der Waals surface area contributed by atoms with Gasteiger partial charge >= 0.3 is 5.97 Å². The third-order valence-electron chi connectivity index (χ3n) is 3.34. The van der Waals surface area contributed by atoms with Crippen LogP contribution >= 0.6 is 0 Å². The van der Waals surface area contributed by atoms with Crippen LogP contribution in [-0.4, -0.2) is 20.6 Å². The molecule has 3 rings (SSSR count). The van der Waals surface area contributed by atoms with Gasteiger partial charge in [0.2, 0.25) is 0 Å². The zero-order valence-electron chi connectivity index (χ0n) is 9.97. The molecule has 0 amide bonds. The Hall–Kier alpha value is -2.10. The van der Waals surface area contributed by atoms with Crippen LogP contribution in [0.25, 0.3) is 11.3 Å². The minimum atomic E-state index is -0.898. The SMILES string of the molecule is O=C(O)c1ccc(-c2cn3c(n2)CCCC3)cc1. The maximum Gasteiger partial charge on any atom is 0.335 e. The maximum absolute atomic E-state index is 10.8. The maximum atomic E-state index is 10.8. The van der Waals surface area contributed by atoms with E-state index in [1.165, 1.54) is 12.8 Å². The fraction of sp³-hybridized carbons (Fsp3) is 0.286. The molecule has 4 heteroatoms. The van der Waals surface area contributed by atoms with E-state index in [-0.39, 0.29) is 0 Å². The van der Waals surface area contributed by atoms with Crippen LogP contribution in [0.2, 0.25) is 0 Å². The summed E-state index contributed by atoms with van der Waals surface area (Å²) in [5.74, 6) is 0.240. The van der Waals surface area contributed by atoms with E-state index in [0.29, 0.717) is 5.56 Å². The third-order valence-corrected chi connectivity index (χ3v) is 3.34. The average molecular weight is 242 g/mol. The first-order chi connectivity index (χ1) is 8.74. The Labute approximate surface area is 105 Å². The molecule has 18 heavy (non-hydrogen) atoms. The lowest BCUT2D eigenvalue weighted by Crippen LogP contribution is -2.08. The van der Waals surface area contributed by atoms with Gasteiger partial charge in [-0.05, 0) is 25.0 Å². The van der Waals surface area contributed by atoms with Crippen molar-refractivity contribution in [3.05, 3.63) is 41.9 Å². The summed E-state index contributed by atoms with van der Waals surface area (Å²) < 4.78 is 2.20. The molecule has 1 N–H and O–H groups in total. The van der Waals surface area contributed by atoms with E-state index in [9.17, 15) is 4.79 Å². The van der Waals surface area contributed by atoms with Crippen molar-refractivity contribution in [1.29, 1.82) is 0 Å². The molecule has 1 aromatic carbocycles. The number of carbonyl (C=O) groups is 1. The molecule has 1 aliphatic heterocycles. The molecule has 92 valence electrons. The summed E-state index contributed by atoms with van der Waals surface area (Å²) in [6.45, 7) is 1.04. The molecule has 4 nitrogen and oxygen atoms in total. The molecule has 0 fully saturated rings. The predicted molar refractivity (Wildman–Crippen MR) is 67.6 cm³/mol. The molecule has 2 aromatic rings. The zero-order valence-corrected chi connectivity index (χ0v) is 9.97. The summed E-state index contributed by atoms with van der Waals surface area (Å²) >= 11 is 0. The van der Waals surface area contributed by atoms with Crippen molar-refractivity contribution >= 4 is 5.97 Å². The van der Waals surface area contributed by atoms with Gasteiger partial charge in [0.25, 0.3) is 0 Å². The van der Waals surface area contributed by atoms with Crippen LogP contribution in [0.3, 0.4) is 0 Å². The fourth-order valence-electron chi connectivity index (χ4n) is 2.34. The van der Waals surface area contributed by atoms with E-state index >= 15 is 0 Å². The monoisotopic (exact) mass is 242 g/mol. The van der Waals surface area contributed by atoms with Crippen LogP contribution in [0.1, 0.15) is 29.0 Å². The highest BCUT2D eigenvalue weighted by molar-refractivity contribution is 5.88. The van der Waals surface area contributed by atoms with Crippen molar-refractivity contribution in [3.63, 3.8) is 0 Å². The van der Waals surface area contributed by atoms with Gasteiger partial charge in [-0.25, -0.2) is 9.78 Å². The summed E-state index contributed by atoms with van der Waals surface area (Å²) in [4.78, 5) is 15.4. The molecule has 0 spiro atoms. The summed E-state index contributed by atoms with van der Waals surface area (Å²) in [5.41, 5.74) is 2.22. The number of fused-ring (bicyclic) bond motifs is 1. The van der Waals surface area contributed by atoms with Crippen LogP contribution < -0.4 is 0 Å². The number of imidazole rings is 1. The topological polar surface area (TPSA) is 55.1 Å². The standard InChI is InChI=1S/C14H14N2O2/c17-14(18)11-6-4-10(5-7-11)12-9-16-8-2-1-3-13(16)15-12/h4-7,9H,1-3,8H2,(H,17,18). The van der Waals surface area contributed by atoms with Gasteiger partial charge in [-0.1, -0.05) is 12.1 Å². The van der Waals surface area contributed by atoms with Gasteiger partial charge in [0.05, 0.1) is 11.3 Å². The second-order valence-electron chi connectivity index (χ2n) is 4.58. The molecule has 0 unspecified atom stereocenters. The number of hydrogen-bond acceptors (Lipinski definition) is 2. The molecule has 0 saturated carbocycles. The Morgan fingerprint density at radius 2 is 2.00 bits per heavy atom. The minimum absolute atomic E-state index is 0.308. The van der Waals surface area contributed by atoms with Crippen LogP contribution in [-0.2, 0) is 13.0 Å². The number of aromatic nitrogens is 2. The van der Waals surface area contributed by atoms with Gasteiger partial charge < -0.3 is 9.67 Å². The second-order valence-corrected chi connectivity index (χ2v) is 4.58. The first-order valence-corrected chi connectivity index (χ1v) is 6.14. The van der Waals surface area contributed by atoms with E-state index < -0.39 is 5.97 Å². The highest BCUT2D eigenvalue weighted by atomic mass is 16.4. The van der Waals surface area contributed by atoms with Gasteiger partial charge in [-0.3, -0.25) is 0 Å². The van der Waals surface area contributed by atoms with Crippen molar-refractivity contribution in [1.82, 2.24) is 9.55 Å². The van der Waals surface area contributed by atoms with Gasteiger partial charge in [0, 0.05) is 24.7 Å². The fourth-order valence-corrected chi connectivity index (χ4v) is 2.34. The lowest BCUT2D eigenvalue weighted by molar-refractivity contribution is 0.0697.